The first-order chi connectivity index (χ1) is 13.6. The van der Waals surface area contributed by atoms with Gasteiger partial charge in [-0.2, -0.15) is 0 Å². The van der Waals surface area contributed by atoms with Crippen LogP contribution in [0.15, 0.2) is 18.2 Å². The lowest BCUT2D eigenvalue weighted by molar-refractivity contribution is -0.136. The van der Waals surface area contributed by atoms with Gasteiger partial charge in [-0.05, 0) is 38.7 Å². The second-order valence-electron chi connectivity index (χ2n) is 8.64. The van der Waals surface area contributed by atoms with Gasteiger partial charge in [-0.15, -0.1) is 0 Å². The molecule has 2 fully saturated rings. The van der Waals surface area contributed by atoms with Crippen LogP contribution >= 0.6 is 0 Å². The molecule has 3 aliphatic heterocycles. The smallest absolute Gasteiger partial charge is 0.257 e. The maximum Gasteiger partial charge on any atom is 0.257 e. The van der Waals surface area contributed by atoms with Crippen molar-refractivity contribution in [3.63, 3.8) is 0 Å². The van der Waals surface area contributed by atoms with Crippen LogP contribution in [0.25, 0.3) is 0 Å². The molecule has 0 N–H and O–H groups in total. The summed E-state index contributed by atoms with van der Waals surface area (Å²) in [5, 5.41) is 0. The standard InChI is InChI=1S/C23H32N2O3/c1-16-17(2)28-21-19(16)8-7-9-20(21)23(27)25-14-10-18(11-15-25)22(26)24-12-5-3-4-6-13-24/h7-9,16-18H,3-6,10-15H2,1-2H3/t16-,17+/m0/s1. The highest BCUT2D eigenvalue weighted by Crippen LogP contribution is 2.40. The third-order valence-electron chi connectivity index (χ3n) is 6.82. The molecule has 5 nitrogen and oxygen atoms in total. The fraction of sp³-hybridized carbons (Fsp3) is 0.652. The van der Waals surface area contributed by atoms with Gasteiger partial charge in [-0.25, -0.2) is 0 Å². The minimum atomic E-state index is 0.0406. The van der Waals surface area contributed by atoms with Gasteiger partial charge < -0.3 is 14.5 Å². The van der Waals surface area contributed by atoms with E-state index in [0.717, 1.165) is 50.1 Å². The van der Waals surface area contributed by atoms with Gasteiger partial charge in [0.1, 0.15) is 11.9 Å². The monoisotopic (exact) mass is 384 g/mol. The average Bonchev–Trinajstić information content (AvgIpc) is 2.91. The molecular formula is C23H32N2O3. The second kappa shape index (κ2) is 8.14. The van der Waals surface area contributed by atoms with Gasteiger partial charge in [0, 0.05) is 43.6 Å². The van der Waals surface area contributed by atoms with Crippen molar-refractivity contribution in [1.82, 2.24) is 9.80 Å². The molecule has 2 saturated heterocycles. The number of para-hydroxylation sites is 1. The Kier molecular flexibility index (Phi) is 5.61. The first kappa shape index (κ1) is 19.3. The Morgan fingerprint density at radius 3 is 2.29 bits per heavy atom. The van der Waals surface area contributed by atoms with Crippen molar-refractivity contribution in [3.05, 3.63) is 29.3 Å². The molecule has 0 bridgehead atoms. The fourth-order valence-corrected chi connectivity index (χ4v) is 4.80. The van der Waals surface area contributed by atoms with Gasteiger partial charge in [0.2, 0.25) is 5.91 Å². The molecule has 0 radical (unpaired) electrons. The average molecular weight is 385 g/mol. The number of ether oxygens (including phenoxy) is 1. The third kappa shape index (κ3) is 3.63. The van der Waals surface area contributed by atoms with Crippen LogP contribution in [0, 0.1) is 5.92 Å². The molecule has 0 unspecified atom stereocenters. The molecule has 1 aromatic carbocycles. The summed E-state index contributed by atoms with van der Waals surface area (Å²) in [6, 6.07) is 5.90. The Bertz CT molecular complexity index is 731. The summed E-state index contributed by atoms with van der Waals surface area (Å²) in [5.74, 6) is 1.48. The molecule has 1 aromatic rings. The highest BCUT2D eigenvalue weighted by Gasteiger charge is 2.35. The molecule has 3 aliphatic rings. The molecule has 0 spiro atoms. The maximum absolute atomic E-state index is 13.1. The van der Waals surface area contributed by atoms with Crippen molar-refractivity contribution in [3.8, 4) is 5.75 Å². The zero-order valence-electron chi connectivity index (χ0n) is 17.2. The van der Waals surface area contributed by atoms with Crippen LogP contribution in [0.2, 0.25) is 0 Å². The van der Waals surface area contributed by atoms with Gasteiger partial charge in [-0.1, -0.05) is 31.9 Å². The van der Waals surface area contributed by atoms with Crippen molar-refractivity contribution in [1.29, 1.82) is 0 Å². The van der Waals surface area contributed by atoms with Crippen molar-refractivity contribution < 1.29 is 14.3 Å². The van der Waals surface area contributed by atoms with E-state index in [1.807, 2.05) is 17.0 Å². The third-order valence-corrected chi connectivity index (χ3v) is 6.82. The Balaban J connectivity index is 1.39. The zero-order valence-corrected chi connectivity index (χ0v) is 17.2. The minimum absolute atomic E-state index is 0.0406. The van der Waals surface area contributed by atoms with Gasteiger partial charge in [0.05, 0.1) is 5.56 Å². The molecule has 5 heteroatoms. The predicted molar refractivity (Wildman–Crippen MR) is 109 cm³/mol. The lowest BCUT2D eigenvalue weighted by Crippen LogP contribution is -2.44. The number of nitrogens with zero attached hydrogens (tertiary/aromatic N) is 2. The molecule has 0 aliphatic carbocycles. The number of piperidine rings is 1. The number of carbonyl (C=O) groups excluding carboxylic acids is 2. The van der Waals surface area contributed by atoms with E-state index >= 15 is 0 Å². The van der Waals surface area contributed by atoms with E-state index in [2.05, 4.69) is 24.8 Å². The summed E-state index contributed by atoms with van der Waals surface area (Å²) in [4.78, 5) is 30.0. The summed E-state index contributed by atoms with van der Waals surface area (Å²) in [7, 11) is 0. The SMILES string of the molecule is C[C@@H]1c2cccc(C(=O)N3CCC(C(=O)N4CCCCCC4)CC3)c2O[C@@H]1C. The quantitative estimate of drug-likeness (QED) is 0.779. The van der Waals surface area contributed by atoms with Crippen LogP contribution < -0.4 is 4.74 Å². The first-order valence-electron chi connectivity index (χ1n) is 10.9. The zero-order chi connectivity index (χ0) is 19.7. The van der Waals surface area contributed by atoms with Gasteiger partial charge in [-0.3, -0.25) is 9.59 Å². The lowest BCUT2D eigenvalue weighted by atomic mass is 9.93. The maximum atomic E-state index is 13.1. The number of hydrogen-bond donors (Lipinski definition) is 0. The fourth-order valence-electron chi connectivity index (χ4n) is 4.80. The normalized spacial score (nSPS) is 25.8. The molecule has 2 atom stereocenters. The van der Waals surface area contributed by atoms with Crippen molar-refractivity contribution in [2.75, 3.05) is 26.2 Å². The summed E-state index contributed by atoms with van der Waals surface area (Å²) >= 11 is 0. The minimum Gasteiger partial charge on any atom is -0.489 e. The van der Waals surface area contributed by atoms with Crippen LogP contribution in [0.3, 0.4) is 0 Å². The molecule has 2 amide bonds. The highest BCUT2D eigenvalue weighted by atomic mass is 16.5. The van der Waals surface area contributed by atoms with Crippen LogP contribution in [0.5, 0.6) is 5.75 Å². The first-order valence-corrected chi connectivity index (χ1v) is 10.9. The largest absolute Gasteiger partial charge is 0.489 e. The molecule has 28 heavy (non-hydrogen) atoms. The number of amides is 2. The van der Waals surface area contributed by atoms with E-state index < -0.39 is 0 Å². The van der Waals surface area contributed by atoms with Crippen molar-refractivity contribution >= 4 is 11.8 Å². The molecule has 3 heterocycles. The molecular weight excluding hydrogens is 352 g/mol. The summed E-state index contributed by atoms with van der Waals surface area (Å²) in [5.41, 5.74) is 1.80. The lowest BCUT2D eigenvalue weighted by Gasteiger charge is -2.34. The second-order valence-corrected chi connectivity index (χ2v) is 8.64. The van der Waals surface area contributed by atoms with Crippen LogP contribution in [0.1, 0.15) is 74.2 Å². The van der Waals surface area contributed by atoms with Crippen LogP contribution in [0.4, 0.5) is 0 Å². The van der Waals surface area contributed by atoms with Gasteiger partial charge in [0.15, 0.2) is 0 Å². The number of fused-ring (bicyclic) bond motifs is 1. The van der Waals surface area contributed by atoms with E-state index in [0.29, 0.717) is 30.5 Å². The van der Waals surface area contributed by atoms with E-state index in [-0.39, 0.29) is 17.9 Å². The van der Waals surface area contributed by atoms with Gasteiger partial charge in [0.25, 0.3) is 5.91 Å². The summed E-state index contributed by atoms with van der Waals surface area (Å²) in [6.07, 6.45) is 6.35. The molecule has 152 valence electrons. The van der Waals surface area contributed by atoms with Crippen molar-refractivity contribution in [2.24, 2.45) is 5.92 Å². The number of rotatable bonds is 2. The van der Waals surface area contributed by atoms with Crippen LogP contribution in [-0.4, -0.2) is 53.9 Å². The Labute approximate surface area is 168 Å². The number of carbonyl (C=O) groups is 2. The molecule has 4 rings (SSSR count). The molecule has 0 saturated carbocycles. The van der Waals surface area contributed by atoms with E-state index in [1.165, 1.54) is 12.8 Å². The Morgan fingerprint density at radius 2 is 1.61 bits per heavy atom. The Morgan fingerprint density at radius 1 is 0.929 bits per heavy atom. The predicted octanol–water partition coefficient (Wildman–Crippen LogP) is 3.83. The van der Waals surface area contributed by atoms with Crippen LogP contribution in [-0.2, 0) is 4.79 Å². The van der Waals surface area contributed by atoms with E-state index in [9.17, 15) is 9.59 Å². The van der Waals surface area contributed by atoms with E-state index in [1.54, 1.807) is 0 Å². The summed E-state index contributed by atoms with van der Waals surface area (Å²) in [6.45, 7) is 7.31. The highest BCUT2D eigenvalue weighted by molar-refractivity contribution is 5.98. The number of benzene rings is 1. The molecule has 0 aromatic heterocycles. The van der Waals surface area contributed by atoms with Gasteiger partial charge >= 0.3 is 0 Å². The summed E-state index contributed by atoms with van der Waals surface area (Å²) < 4.78 is 6.00. The topological polar surface area (TPSA) is 49.9 Å². The number of hydrogen-bond acceptors (Lipinski definition) is 3. The van der Waals surface area contributed by atoms with Crippen molar-refractivity contribution in [2.45, 2.75) is 64.4 Å². The number of likely N-dealkylation sites (tertiary alicyclic amines) is 2. The Hall–Kier alpha value is -2.04. The van der Waals surface area contributed by atoms with E-state index in [4.69, 9.17) is 4.74 Å².